The van der Waals surface area contributed by atoms with E-state index in [2.05, 4.69) is 4.98 Å². The van der Waals surface area contributed by atoms with E-state index < -0.39 is 85.0 Å². The topological polar surface area (TPSA) is 33.2 Å². The number of nitrogens with zero attached hydrogens (tertiary/aromatic N) is 2. The molecule has 1 aliphatic rings. The highest BCUT2D eigenvalue weighted by molar-refractivity contribution is 6.31. The number of carbonyl (C=O) groups is 1. The van der Waals surface area contributed by atoms with Crippen molar-refractivity contribution in [3.63, 3.8) is 0 Å². The number of piperidine rings is 1. The molecule has 0 spiro atoms. The number of carbonyl (C=O) groups excluding carboxylic acids is 1. The van der Waals surface area contributed by atoms with Gasteiger partial charge in [-0.05, 0) is 68.2 Å². The third-order valence-corrected chi connectivity index (χ3v) is 4.20. The number of hydrogen-bond donors (Lipinski definition) is 0. The summed E-state index contributed by atoms with van der Waals surface area (Å²) < 4.78 is 129. The molecule has 3 nitrogen and oxygen atoms in total. The van der Waals surface area contributed by atoms with E-state index in [0.29, 0.717) is 0 Å². The van der Waals surface area contributed by atoms with Crippen LogP contribution in [0.3, 0.4) is 0 Å². The minimum absolute atomic E-state index is 0.0780. The van der Waals surface area contributed by atoms with Crippen LogP contribution in [0.25, 0.3) is 0 Å². The minimum Gasteiger partial charge on any atom is -0.338 e. The van der Waals surface area contributed by atoms with E-state index in [0.717, 1.165) is 30.5 Å². The average Bonchev–Trinajstić information content (AvgIpc) is 2.78. The number of aromatic nitrogens is 1. The van der Waals surface area contributed by atoms with Crippen LogP contribution < -0.4 is 0 Å². The van der Waals surface area contributed by atoms with Gasteiger partial charge in [-0.1, -0.05) is 24.6 Å². The summed E-state index contributed by atoms with van der Waals surface area (Å²) in [4.78, 5) is 16.7. The first kappa shape index (κ1) is 10.1. The Hall–Kier alpha value is -2.01. The van der Waals surface area contributed by atoms with Crippen LogP contribution in [-0.2, 0) is 12.7 Å². The Morgan fingerprint density at radius 3 is 2.89 bits per heavy atom. The fourth-order valence-electron chi connectivity index (χ4n) is 2.32. The maximum atomic E-state index is 16.7. The van der Waals surface area contributed by atoms with Crippen molar-refractivity contribution in [1.29, 1.82) is 0 Å². The van der Waals surface area contributed by atoms with Crippen molar-refractivity contribution in [3.8, 4) is 0 Å². The summed E-state index contributed by atoms with van der Waals surface area (Å²) in [5.74, 6) is -2.44. The summed E-state index contributed by atoms with van der Waals surface area (Å²) in [7, 11) is 0. The number of amides is 1. The molecule has 2 heterocycles. The molecule has 1 fully saturated rings. The molecule has 28 heavy (non-hydrogen) atoms. The highest BCUT2D eigenvalue weighted by atomic mass is 35.5. The molecule has 1 saturated heterocycles. The Morgan fingerprint density at radius 1 is 1.39 bits per heavy atom. The van der Waals surface area contributed by atoms with Gasteiger partial charge in [0.25, 0.3) is 5.91 Å². The van der Waals surface area contributed by atoms with Crippen LogP contribution in [-0.4, -0.2) is 34.5 Å². The number of alkyl halides is 1. The summed E-state index contributed by atoms with van der Waals surface area (Å²) in [5, 5.41) is -0.567. The van der Waals surface area contributed by atoms with Crippen LogP contribution in [0.15, 0.2) is 36.5 Å². The van der Waals surface area contributed by atoms with Gasteiger partial charge in [0.15, 0.2) is 0 Å². The lowest BCUT2D eigenvalue weighted by molar-refractivity contribution is 0.0389. The van der Waals surface area contributed by atoms with Gasteiger partial charge in [0.1, 0.15) is 11.5 Å². The van der Waals surface area contributed by atoms with Crippen LogP contribution in [0.1, 0.15) is 70.6 Å². The highest BCUT2D eigenvalue weighted by Crippen LogP contribution is 2.32. The fraction of sp³-hybridized carbons (Fsp3) is 0.455. The normalized spacial score (nSPS) is 32.9. The van der Waals surface area contributed by atoms with Gasteiger partial charge in [-0.2, -0.15) is 0 Å². The molecule has 0 bridgehead atoms. The predicted octanol–water partition coefficient (Wildman–Crippen LogP) is 5.40. The van der Waals surface area contributed by atoms with Gasteiger partial charge in [0, 0.05) is 46.9 Å². The fourth-order valence-corrected chi connectivity index (χ4v) is 2.51. The Morgan fingerprint density at radius 2 is 2.21 bits per heavy atom. The Kier molecular flexibility index (Phi) is 3.26. The molecule has 2 aromatic rings. The van der Waals surface area contributed by atoms with Crippen LogP contribution in [0.4, 0.5) is 8.78 Å². The molecule has 1 aromatic heterocycles. The van der Waals surface area contributed by atoms with Crippen LogP contribution in [0.2, 0.25) is 5.02 Å². The van der Waals surface area contributed by atoms with E-state index >= 15 is 4.39 Å². The average molecular weight is 419 g/mol. The molecule has 1 aliphatic heterocycles. The van der Waals surface area contributed by atoms with Gasteiger partial charge in [0.2, 0.25) is 0 Å². The summed E-state index contributed by atoms with van der Waals surface area (Å²) >= 11 is 5.67. The number of halogens is 3. The van der Waals surface area contributed by atoms with E-state index in [9.17, 15) is 9.18 Å². The monoisotopic (exact) mass is 418 g/mol. The quantitative estimate of drug-likeness (QED) is 0.628. The van der Waals surface area contributed by atoms with Crippen LogP contribution in [0, 0.1) is 5.82 Å². The first-order chi connectivity index (χ1) is 17.8. The summed E-state index contributed by atoms with van der Waals surface area (Å²) in [6.07, 6.45) is -14.3. The Bertz CT molecular complexity index is 1300. The molecule has 0 N–H and O–H groups in total. The van der Waals surface area contributed by atoms with Gasteiger partial charge in [-0.15, -0.1) is 0 Å². The number of hydrogen-bond acceptors (Lipinski definition) is 2. The van der Waals surface area contributed by atoms with Crippen molar-refractivity contribution >= 4 is 17.5 Å². The summed E-state index contributed by atoms with van der Waals surface area (Å²) in [6.45, 7) is -5.96. The third-order valence-electron chi connectivity index (χ3n) is 3.91. The van der Waals surface area contributed by atoms with E-state index in [1.54, 1.807) is 0 Å². The molecule has 0 aliphatic carbocycles. The molecule has 1 atom stereocenters. The lowest BCUT2D eigenvalue weighted by atomic mass is 9.87. The van der Waals surface area contributed by atoms with E-state index in [-0.39, 0.29) is 10.5 Å². The minimum atomic E-state index is -4.03. The first-order valence-corrected chi connectivity index (χ1v) is 8.65. The van der Waals surface area contributed by atoms with Gasteiger partial charge in [-0.3, -0.25) is 9.78 Å². The molecule has 1 unspecified atom stereocenters. The zero-order valence-electron chi connectivity index (χ0n) is 26.8. The molecular formula is C22H25ClF2N2O. The molecule has 150 valence electrons. The molecule has 1 amide bonds. The van der Waals surface area contributed by atoms with Gasteiger partial charge >= 0.3 is 0 Å². The van der Waals surface area contributed by atoms with Gasteiger partial charge in [0.05, 0.1) is 5.02 Å². The molecule has 3 rings (SSSR count). The second-order valence-electron chi connectivity index (χ2n) is 5.85. The molecule has 0 radical (unpaired) electrons. The lowest BCUT2D eigenvalue weighted by Gasteiger charge is -2.36. The van der Waals surface area contributed by atoms with E-state index in [1.165, 1.54) is 13.0 Å². The van der Waals surface area contributed by atoms with Crippen molar-refractivity contribution < 1.29 is 30.0 Å². The van der Waals surface area contributed by atoms with Crippen molar-refractivity contribution in [2.24, 2.45) is 0 Å². The number of pyridine rings is 1. The standard InChI is InChI=1S/C22H25ClF2N2O/c1-2-16-5-7-18(26-15-16)4-3-9-22(25)10-12-27(13-11-22)21(28)17-6-8-20(24)19(23)14-17/h5-8,14-15H,2-4,9-13H2,1H3/i2D2,4D2,9D2,10D2,12D2,13D2. The lowest BCUT2D eigenvalue weighted by Crippen LogP contribution is -2.44. The number of aryl methyl sites for hydroxylation is 2. The van der Waals surface area contributed by atoms with Crippen molar-refractivity contribution in [1.82, 2.24) is 9.88 Å². The van der Waals surface area contributed by atoms with Crippen LogP contribution in [0.5, 0.6) is 0 Å². The molecular weight excluding hydrogens is 382 g/mol. The van der Waals surface area contributed by atoms with Gasteiger partial charge < -0.3 is 4.90 Å². The van der Waals surface area contributed by atoms with Crippen LogP contribution >= 0.6 is 11.6 Å². The number of likely N-dealkylation sites (tertiary alicyclic amines) is 1. The Balaban J connectivity index is 2.04. The highest BCUT2D eigenvalue weighted by Gasteiger charge is 2.35. The smallest absolute Gasteiger partial charge is 0.253 e. The maximum absolute atomic E-state index is 16.7. The second kappa shape index (κ2) is 8.99. The van der Waals surface area contributed by atoms with Crippen molar-refractivity contribution in [3.05, 3.63) is 64.2 Å². The van der Waals surface area contributed by atoms with Crippen molar-refractivity contribution in [2.45, 2.75) is 50.9 Å². The zero-order valence-corrected chi connectivity index (χ0v) is 15.6. The van der Waals surface area contributed by atoms with Crippen molar-refractivity contribution in [2.75, 3.05) is 13.0 Å². The molecule has 0 saturated carbocycles. The molecule has 1 aromatic carbocycles. The largest absolute Gasteiger partial charge is 0.338 e. The summed E-state index contributed by atoms with van der Waals surface area (Å²) in [6, 6.07) is 4.60. The second-order valence-corrected chi connectivity index (χ2v) is 6.26. The van der Waals surface area contributed by atoms with Gasteiger partial charge in [-0.25, -0.2) is 8.78 Å². The predicted molar refractivity (Wildman–Crippen MR) is 107 cm³/mol. The maximum Gasteiger partial charge on any atom is 0.253 e. The zero-order chi connectivity index (χ0) is 30.9. The van der Waals surface area contributed by atoms with E-state index in [4.69, 9.17) is 28.1 Å². The summed E-state index contributed by atoms with van der Waals surface area (Å²) in [5.41, 5.74) is -4.93. The number of benzene rings is 1. The molecule has 6 heteroatoms. The Labute approximate surface area is 186 Å². The van der Waals surface area contributed by atoms with E-state index in [1.807, 2.05) is 0 Å². The third kappa shape index (κ3) is 5.07. The SMILES string of the molecule is [2H]C([2H])(C)c1ccc(C([2H])([2H])CC([2H])([2H])C2(F)CC([2H])([2H])N(C(=O)c3ccc(F)c(Cl)c3)C([2H])([2H])C2([2H])[2H])nc1. The number of rotatable bonds is 6. The first-order valence-electron chi connectivity index (χ1n) is 14.3.